The summed E-state index contributed by atoms with van der Waals surface area (Å²) in [5, 5.41) is 9.64. The molecule has 4 heteroatoms. The molecule has 0 saturated heterocycles. The predicted molar refractivity (Wildman–Crippen MR) is 71.3 cm³/mol. The second kappa shape index (κ2) is 9.48. The van der Waals surface area contributed by atoms with Crippen molar-refractivity contribution < 1.29 is 14.6 Å². The predicted octanol–water partition coefficient (Wildman–Crippen LogP) is 1.94. The van der Waals surface area contributed by atoms with Gasteiger partial charge in [0.05, 0.1) is 25.9 Å². The molecule has 0 aliphatic rings. The first-order valence-corrected chi connectivity index (χ1v) is 6.85. The second-order valence-corrected chi connectivity index (χ2v) is 4.87. The number of ether oxygens (including phenoxy) is 2. The zero-order valence-corrected chi connectivity index (χ0v) is 11.0. The van der Waals surface area contributed by atoms with Crippen molar-refractivity contribution in [1.29, 1.82) is 0 Å². The number of benzene rings is 1. The van der Waals surface area contributed by atoms with Crippen molar-refractivity contribution in [2.24, 2.45) is 0 Å². The SMILES string of the molecule is COCCSCC(O)COCc1ccccc1. The maximum absolute atomic E-state index is 9.64. The zero-order valence-electron chi connectivity index (χ0n) is 10.2. The molecule has 1 aromatic carbocycles. The van der Waals surface area contributed by atoms with Gasteiger partial charge in [-0.1, -0.05) is 30.3 Å². The monoisotopic (exact) mass is 256 g/mol. The van der Waals surface area contributed by atoms with Gasteiger partial charge in [-0.05, 0) is 5.56 Å². The van der Waals surface area contributed by atoms with Gasteiger partial charge < -0.3 is 14.6 Å². The number of aliphatic hydroxyl groups excluding tert-OH is 1. The first-order chi connectivity index (χ1) is 8.33. The summed E-state index contributed by atoms with van der Waals surface area (Å²) in [5.41, 5.74) is 1.13. The summed E-state index contributed by atoms with van der Waals surface area (Å²) < 4.78 is 10.4. The zero-order chi connectivity index (χ0) is 12.3. The molecule has 0 saturated carbocycles. The molecule has 17 heavy (non-hydrogen) atoms. The highest BCUT2D eigenvalue weighted by Gasteiger charge is 2.04. The number of thioether (sulfide) groups is 1. The third-order valence-corrected chi connectivity index (χ3v) is 3.24. The van der Waals surface area contributed by atoms with Gasteiger partial charge in [0.15, 0.2) is 0 Å². The molecule has 1 aromatic rings. The maximum Gasteiger partial charge on any atom is 0.0863 e. The smallest absolute Gasteiger partial charge is 0.0863 e. The number of aliphatic hydroxyl groups is 1. The first-order valence-electron chi connectivity index (χ1n) is 5.69. The van der Waals surface area contributed by atoms with E-state index in [0.29, 0.717) is 19.0 Å². The quantitative estimate of drug-likeness (QED) is 0.685. The third kappa shape index (κ3) is 7.39. The van der Waals surface area contributed by atoms with Crippen molar-refractivity contribution in [3.8, 4) is 0 Å². The number of hydrogen-bond donors (Lipinski definition) is 1. The van der Waals surface area contributed by atoms with Gasteiger partial charge in [-0.25, -0.2) is 0 Å². The molecule has 0 heterocycles. The van der Waals surface area contributed by atoms with E-state index in [1.54, 1.807) is 18.9 Å². The Hall–Kier alpha value is -0.550. The fourth-order valence-corrected chi connectivity index (χ4v) is 2.12. The molecule has 0 spiro atoms. The normalized spacial score (nSPS) is 12.6. The van der Waals surface area contributed by atoms with E-state index in [4.69, 9.17) is 9.47 Å². The summed E-state index contributed by atoms with van der Waals surface area (Å²) >= 11 is 1.68. The molecule has 1 atom stereocenters. The van der Waals surface area contributed by atoms with E-state index in [1.165, 1.54) is 0 Å². The fraction of sp³-hybridized carbons (Fsp3) is 0.538. The molecule has 0 aromatic heterocycles. The van der Waals surface area contributed by atoms with Gasteiger partial charge in [0.2, 0.25) is 0 Å². The van der Waals surface area contributed by atoms with Crippen LogP contribution in [-0.4, -0.2) is 43.0 Å². The van der Waals surface area contributed by atoms with Crippen LogP contribution in [0.3, 0.4) is 0 Å². The van der Waals surface area contributed by atoms with E-state index in [-0.39, 0.29) is 0 Å². The van der Waals surface area contributed by atoms with Gasteiger partial charge in [-0.15, -0.1) is 0 Å². The Morgan fingerprint density at radius 1 is 1.29 bits per heavy atom. The van der Waals surface area contributed by atoms with Crippen molar-refractivity contribution >= 4 is 11.8 Å². The molecule has 0 radical (unpaired) electrons. The van der Waals surface area contributed by atoms with Crippen LogP contribution in [0, 0.1) is 0 Å². The third-order valence-electron chi connectivity index (χ3n) is 2.16. The lowest BCUT2D eigenvalue weighted by Gasteiger charge is -2.10. The van der Waals surface area contributed by atoms with Crippen LogP contribution in [0.1, 0.15) is 5.56 Å². The Morgan fingerprint density at radius 3 is 2.76 bits per heavy atom. The molecule has 0 fully saturated rings. The van der Waals surface area contributed by atoms with E-state index in [9.17, 15) is 5.11 Å². The molecule has 96 valence electrons. The maximum atomic E-state index is 9.64. The minimum absolute atomic E-state index is 0.384. The minimum atomic E-state index is -0.402. The van der Waals surface area contributed by atoms with Crippen LogP contribution in [-0.2, 0) is 16.1 Å². The van der Waals surface area contributed by atoms with E-state index in [2.05, 4.69) is 0 Å². The van der Waals surface area contributed by atoms with Gasteiger partial charge in [0.1, 0.15) is 0 Å². The van der Waals surface area contributed by atoms with Crippen molar-refractivity contribution in [1.82, 2.24) is 0 Å². The summed E-state index contributed by atoms with van der Waals surface area (Å²) in [4.78, 5) is 0. The standard InChI is InChI=1S/C13H20O3S/c1-15-7-8-17-11-13(14)10-16-9-12-5-3-2-4-6-12/h2-6,13-14H,7-11H2,1H3. The lowest BCUT2D eigenvalue weighted by atomic mass is 10.2. The summed E-state index contributed by atoms with van der Waals surface area (Å²) in [6.07, 6.45) is -0.402. The van der Waals surface area contributed by atoms with Gasteiger partial charge >= 0.3 is 0 Å². The van der Waals surface area contributed by atoms with E-state index < -0.39 is 6.10 Å². The molecule has 1 N–H and O–H groups in total. The van der Waals surface area contributed by atoms with Crippen LogP contribution in [0.15, 0.2) is 30.3 Å². The number of methoxy groups -OCH3 is 1. The summed E-state index contributed by atoms with van der Waals surface area (Å²) in [7, 11) is 1.68. The average molecular weight is 256 g/mol. The molecule has 3 nitrogen and oxygen atoms in total. The van der Waals surface area contributed by atoms with E-state index in [0.717, 1.165) is 17.9 Å². The van der Waals surface area contributed by atoms with Gasteiger partial charge in [-0.2, -0.15) is 11.8 Å². The summed E-state index contributed by atoms with van der Waals surface area (Å²) in [6.45, 7) is 1.66. The Balaban J connectivity index is 2.02. The Kier molecular flexibility index (Phi) is 8.09. The van der Waals surface area contributed by atoms with Crippen LogP contribution in [0.5, 0.6) is 0 Å². The summed E-state index contributed by atoms with van der Waals surface area (Å²) in [5.74, 6) is 1.60. The van der Waals surface area contributed by atoms with Gasteiger partial charge in [0.25, 0.3) is 0 Å². The number of hydrogen-bond acceptors (Lipinski definition) is 4. The van der Waals surface area contributed by atoms with E-state index in [1.807, 2.05) is 30.3 Å². The van der Waals surface area contributed by atoms with Gasteiger partial charge in [-0.3, -0.25) is 0 Å². The van der Waals surface area contributed by atoms with Crippen LogP contribution in [0.4, 0.5) is 0 Å². The first kappa shape index (κ1) is 14.5. The highest BCUT2D eigenvalue weighted by molar-refractivity contribution is 7.99. The number of rotatable bonds is 9. The largest absolute Gasteiger partial charge is 0.390 e. The van der Waals surface area contributed by atoms with Crippen molar-refractivity contribution in [2.45, 2.75) is 12.7 Å². The van der Waals surface area contributed by atoms with Crippen LogP contribution < -0.4 is 0 Å². The molecular weight excluding hydrogens is 236 g/mol. The van der Waals surface area contributed by atoms with Crippen LogP contribution in [0.2, 0.25) is 0 Å². The highest BCUT2D eigenvalue weighted by atomic mass is 32.2. The summed E-state index contributed by atoms with van der Waals surface area (Å²) in [6, 6.07) is 9.97. The molecule has 0 aliphatic heterocycles. The minimum Gasteiger partial charge on any atom is -0.390 e. The Bertz CT molecular complexity index is 279. The molecule has 1 rings (SSSR count). The topological polar surface area (TPSA) is 38.7 Å². The van der Waals surface area contributed by atoms with Crippen molar-refractivity contribution in [3.63, 3.8) is 0 Å². The Morgan fingerprint density at radius 2 is 2.06 bits per heavy atom. The molecule has 0 amide bonds. The lowest BCUT2D eigenvalue weighted by molar-refractivity contribution is 0.0398. The van der Waals surface area contributed by atoms with Crippen LogP contribution in [0.25, 0.3) is 0 Å². The van der Waals surface area contributed by atoms with Crippen molar-refractivity contribution in [3.05, 3.63) is 35.9 Å². The molecule has 1 unspecified atom stereocenters. The second-order valence-electron chi connectivity index (χ2n) is 3.72. The molecule has 0 aliphatic carbocycles. The van der Waals surface area contributed by atoms with Crippen LogP contribution >= 0.6 is 11.8 Å². The fourth-order valence-electron chi connectivity index (χ4n) is 1.30. The molecule has 0 bridgehead atoms. The average Bonchev–Trinajstić information content (AvgIpc) is 2.36. The molecular formula is C13H20O3S. The lowest BCUT2D eigenvalue weighted by Crippen LogP contribution is -2.18. The van der Waals surface area contributed by atoms with Gasteiger partial charge in [0, 0.05) is 18.6 Å². The highest BCUT2D eigenvalue weighted by Crippen LogP contribution is 2.05. The Labute approximate surface area is 107 Å². The van der Waals surface area contributed by atoms with Crippen molar-refractivity contribution in [2.75, 3.05) is 31.8 Å². The van der Waals surface area contributed by atoms with E-state index >= 15 is 0 Å².